The van der Waals surface area contributed by atoms with E-state index in [9.17, 15) is 0 Å². The summed E-state index contributed by atoms with van der Waals surface area (Å²) in [4.78, 5) is 4.04. The van der Waals surface area contributed by atoms with Gasteiger partial charge in [-0.05, 0) is 24.5 Å². The van der Waals surface area contributed by atoms with Crippen LogP contribution in [0.3, 0.4) is 0 Å². The highest BCUT2D eigenvalue weighted by Gasteiger charge is 2.01. The van der Waals surface area contributed by atoms with E-state index in [2.05, 4.69) is 18.0 Å². The molecule has 0 aromatic carbocycles. The van der Waals surface area contributed by atoms with Crippen LogP contribution in [0.4, 0.5) is 0 Å². The Hall–Kier alpha value is -0.890. The van der Waals surface area contributed by atoms with Crippen molar-refractivity contribution in [1.29, 1.82) is 0 Å². The minimum absolute atomic E-state index is 0.291. The second-order valence-electron chi connectivity index (χ2n) is 3.11. The van der Waals surface area contributed by atoms with E-state index < -0.39 is 0 Å². The van der Waals surface area contributed by atoms with E-state index in [0.717, 1.165) is 19.3 Å². The van der Waals surface area contributed by atoms with Gasteiger partial charge in [0, 0.05) is 18.4 Å². The third kappa shape index (κ3) is 3.01. The van der Waals surface area contributed by atoms with E-state index >= 15 is 0 Å². The average Bonchev–Trinajstić information content (AvgIpc) is 2.06. The molecule has 1 rings (SSSR count). The molecule has 2 heteroatoms. The van der Waals surface area contributed by atoms with E-state index in [1.54, 1.807) is 6.20 Å². The smallest absolute Gasteiger partial charge is 0.0300 e. The van der Waals surface area contributed by atoms with E-state index in [1.807, 2.05) is 12.3 Å². The molecule has 0 bridgehead atoms. The molecule has 0 spiro atoms. The van der Waals surface area contributed by atoms with Crippen molar-refractivity contribution in [3.05, 3.63) is 30.1 Å². The van der Waals surface area contributed by atoms with Crippen LogP contribution < -0.4 is 5.73 Å². The van der Waals surface area contributed by atoms with Gasteiger partial charge in [0.25, 0.3) is 0 Å². The SMILES string of the molecule is CCC[C@@H](N)Cc1cccnc1. The quantitative estimate of drug-likeness (QED) is 0.736. The summed E-state index contributed by atoms with van der Waals surface area (Å²) in [6.45, 7) is 2.16. The van der Waals surface area contributed by atoms with Crippen LogP contribution in [-0.2, 0) is 6.42 Å². The van der Waals surface area contributed by atoms with Crippen molar-refractivity contribution in [2.45, 2.75) is 32.2 Å². The van der Waals surface area contributed by atoms with Gasteiger partial charge in [-0.1, -0.05) is 19.4 Å². The maximum Gasteiger partial charge on any atom is 0.0300 e. The second-order valence-corrected chi connectivity index (χ2v) is 3.11. The van der Waals surface area contributed by atoms with Crippen molar-refractivity contribution in [3.63, 3.8) is 0 Å². The molecule has 1 aromatic rings. The molecule has 1 heterocycles. The lowest BCUT2D eigenvalue weighted by molar-refractivity contribution is 0.599. The van der Waals surface area contributed by atoms with Crippen molar-refractivity contribution in [2.75, 3.05) is 0 Å². The van der Waals surface area contributed by atoms with Crippen molar-refractivity contribution in [1.82, 2.24) is 4.98 Å². The molecule has 0 saturated carbocycles. The lowest BCUT2D eigenvalue weighted by atomic mass is 10.0. The number of hydrogen-bond acceptors (Lipinski definition) is 2. The molecule has 0 amide bonds. The molecule has 0 saturated heterocycles. The Morgan fingerprint density at radius 2 is 2.42 bits per heavy atom. The van der Waals surface area contributed by atoms with Crippen LogP contribution in [0.25, 0.3) is 0 Å². The Balaban J connectivity index is 2.41. The Morgan fingerprint density at radius 3 is 3.00 bits per heavy atom. The fourth-order valence-electron chi connectivity index (χ4n) is 1.29. The highest BCUT2D eigenvalue weighted by Crippen LogP contribution is 2.03. The van der Waals surface area contributed by atoms with Gasteiger partial charge in [-0.3, -0.25) is 4.98 Å². The first-order chi connectivity index (χ1) is 5.83. The summed E-state index contributed by atoms with van der Waals surface area (Å²) in [5.41, 5.74) is 7.12. The van der Waals surface area contributed by atoms with E-state index in [1.165, 1.54) is 5.56 Å². The van der Waals surface area contributed by atoms with E-state index in [-0.39, 0.29) is 0 Å². The molecule has 0 unspecified atom stereocenters. The van der Waals surface area contributed by atoms with Crippen molar-refractivity contribution >= 4 is 0 Å². The molecular formula is C10H16N2. The largest absolute Gasteiger partial charge is 0.327 e. The summed E-state index contributed by atoms with van der Waals surface area (Å²) in [6, 6.07) is 4.32. The Labute approximate surface area is 73.8 Å². The minimum Gasteiger partial charge on any atom is -0.327 e. The lowest BCUT2D eigenvalue weighted by Crippen LogP contribution is -2.22. The molecule has 0 aliphatic rings. The summed E-state index contributed by atoms with van der Waals surface area (Å²) in [5, 5.41) is 0. The molecule has 2 N–H and O–H groups in total. The van der Waals surface area contributed by atoms with Gasteiger partial charge in [0.05, 0.1) is 0 Å². The summed E-state index contributed by atoms with van der Waals surface area (Å²) in [6.07, 6.45) is 6.86. The molecular weight excluding hydrogens is 148 g/mol. The topological polar surface area (TPSA) is 38.9 Å². The Kier molecular flexibility index (Phi) is 3.74. The maximum absolute atomic E-state index is 5.89. The fourth-order valence-corrected chi connectivity index (χ4v) is 1.29. The predicted octanol–water partition coefficient (Wildman–Crippen LogP) is 1.75. The first kappa shape index (κ1) is 9.20. The van der Waals surface area contributed by atoms with Gasteiger partial charge in [0.2, 0.25) is 0 Å². The number of aromatic nitrogens is 1. The summed E-state index contributed by atoms with van der Waals surface area (Å²) >= 11 is 0. The van der Waals surface area contributed by atoms with Crippen LogP contribution in [0.2, 0.25) is 0 Å². The molecule has 0 fully saturated rings. The summed E-state index contributed by atoms with van der Waals surface area (Å²) in [7, 11) is 0. The van der Waals surface area contributed by atoms with Crippen LogP contribution in [-0.4, -0.2) is 11.0 Å². The average molecular weight is 164 g/mol. The van der Waals surface area contributed by atoms with Crippen LogP contribution >= 0.6 is 0 Å². The van der Waals surface area contributed by atoms with Crippen LogP contribution in [0.5, 0.6) is 0 Å². The number of nitrogens with two attached hydrogens (primary N) is 1. The first-order valence-electron chi connectivity index (χ1n) is 4.47. The number of pyridine rings is 1. The first-order valence-corrected chi connectivity index (χ1v) is 4.47. The molecule has 66 valence electrons. The number of rotatable bonds is 4. The predicted molar refractivity (Wildman–Crippen MR) is 50.8 cm³/mol. The van der Waals surface area contributed by atoms with Gasteiger partial charge in [-0.2, -0.15) is 0 Å². The van der Waals surface area contributed by atoms with Gasteiger partial charge in [-0.25, -0.2) is 0 Å². The molecule has 0 aliphatic heterocycles. The molecule has 0 radical (unpaired) electrons. The normalized spacial score (nSPS) is 12.8. The molecule has 1 atom stereocenters. The Bertz CT molecular complexity index is 208. The van der Waals surface area contributed by atoms with Crippen molar-refractivity contribution < 1.29 is 0 Å². The second kappa shape index (κ2) is 4.88. The summed E-state index contributed by atoms with van der Waals surface area (Å²) in [5.74, 6) is 0. The van der Waals surface area contributed by atoms with Gasteiger partial charge in [0.1, 0.15) is 0 Å². The van der Waals surface area contributed by atoms with Crippen LogP contribution in [0, 0.1) is 0 Å². The third-order valence-corrected chi connectivity index (χ3v) is 1.88. The summed E-state index contributed by atoms with van der Waals surface area (Å²) < 4.78 is 0. The van der Waals surface area contributed by atoms with Gasteiger partial charge >= 0.3 is 0 Å². The van der Waals surface area contributed by atoms with E-state index in [4.69, 9.17) is 5.73 Å². The highest BCUT2D eigenvalue weighted by atomic mass is 14.6. The standard InChI is InChI=1S/C10H16N2/c1-2-4-10(11)7-9-5-3-6-12-8-9/h3,5-6,8,10H,2,4,7,11H2,1H3/t10-/m1/s1. The molecule has 0 aliphatic carbocycles. The maximum atomic E-state index is 5.89. The fraction of sp³-hybridized carbons (Fsp3) is 0.500. The number of nitrogens with zero attached hydrogens (tertiary/aromatic N) is 1. The zero-order valence-corrected chi connectivity index (χ0v) is 7.53. The number of hydrogen-bond donors (Lipinski definition) is 1. The van der Waals surface area contributed by atoms with Crippen LogP contribution in [0.15, 0.2) is 24.5 Å². The van der Waals surface area contributed by atoms with Gasteiger partial charge in [-0.15, -0.1) is 0 Å². The molecule has 2 nitrogen and oxygen atoms in total. The van der Waals surface area contributed by atoms with E-state index in [0.29, 0.717) is 6.04 Å². The lowest BCUT2D eigenvalue weighted by Gasteiger charge is -2.08. The van der Waals surface area contributed by atoms with Crippen LogP contribution in [0.1, 0.15) is 25.3 Å². The van der Waals surface area contributed by atoms with Gasteiger partial charge < -0.3 is 5.73 Å². The Morgan fingerprint density at radius 1 is 1.58 bits per heavy atom. The molecule has 1 aromatic heterocycles. The zero-order valence-electron chi connectivity index (χ0n) is 7.53. The third-order valence-electron chi connectivity index (χ3n) is 1.88. The van der Waals surface area contributed by atoms with Gasteiger partial charge in [0.15, 0.2) is 0 Å². The zero-order chi connectivity index (χ0) is 8.81. The monoisotopic (exact) mass is 164 g/mol. The molecule has 12 heavy (non-hydrogen) atoms. The minimum atomic E-state index is 0.291. The van der Waals surface area contributed by atoms with Crippen molar-refractivity contribution in [2.24, 2.45) is 5.73 Å². The highest BCUT2D eigenvalue weighted by molar-refractivity contribution is 5.09. The van der Waals surface area contributed by atoms with Crippen molar-refractivity contribution in [3.8, 4) is 0 Å².